The van der Waals surface area contributed by atoms with E-state index in [0.717, 1.165) is 5.56 Å². The van der Waals surface area contributed by atoms with Gasteiger partial charge in [0.1, 0.15) is 11.8 Å². The Morgan fingerprint density at radius 3 is 2.76 bits per heavy atom. The molecule has 0 spiro atoms. The molecule has 0 bridgehead atoms. The second-order valence-corrected chi connectivity index (χ2v) is 3.67. The van der Waals surface area contributed by atoms with Crippen LogP contribution >= 0.6 is 0 Å². The van der Waals surface area contributed by atoms with Crippen LogP contribution in [0.2, 0.25) is 0 Å². The van der Waals surface area contributed by atoms with E-state index < -0.39 is 6.17 Å². The fourth-order valence-electron chi connectivity index (χ4n) is 1.69. The lowest BCUT2D eigenvalue weighted by Crippen LogP contribution is -2.45. The molecule has 0 amide bonds. The highest BCUT2D eigenvalue weighted by atomic mass is 16.1. The summed E-state index contributed by atoms with van der Waals surface area (Å²) in [5.41, 5.74) is 6.49. The summed E-state index contributed by atoms with van der Waals surface area (Å²) < 4.78 is 1.46. The summed E-state index contributed by atoms with van der Waals surface area (Å²) in [6, 6.07) is 3.68. The molecule has 2 rings (SSSR count). The van der Waals surface area contributed by atoms with Crippen molar-refractivity contribution in [2.24, 2.45) is 11.7 Å². The van der Waals surface area contributed by atoms with Gasteiger partial charge in [-0.15, -0.1) is 0 Å². The molecule has 0 unspecified atom stereocenters. The zero-order chi connectivity index (χ0) is 12.4. The molecule has 2 heterocycles. The van der Waals surface area contributed by atoms with Gasteiger partial charge in [0.15, 0.2) is 0 Å². The number of hydrazine groups is 2. The van der Waals surface area contributed by atoms with Crippen molar-refractivity contribution in [1.82, 2.24) is 20.2 Å². The van der Waals surface area contributed by atoms with Crippen LogP contribution in [0.4, 0.5) is 0 Å². The molecular formula is C10H14N6O. The molecule has 7 heteroatoms. The number of nitrogens with zero attached hydrogens (tertiary/aromatic N) is 2. The number of rotatable bonds is 3. The van der Waals surface area contributed by atoms with Crippen molar-refractivity contribution in [3.05, 3.63) is 46.0 Å². The highest BCUT2D eigenvalue weighted by molar-refractivity contribution is 5.46. The van der Waals surface area contributed by atoms with Crippen molar-refractivity contribution in [3.8, 4) is 0 Å². The van der Waals surface area contributed by atoms with Crippen LogP contribution in [-0.2, 0) is 0 Å². The second-order valence-electron chi connectivity index (χ2n) is 3.67. The molecule has 2 aromatic heterocycles. The molecule has 6 N–H and O–H groups in total. The predicted octanol–water partition coefficient (Wildman–Crippen LogP) is -1.07. The number of nitrogens with one attached hydrogen (secondary N) is 2. The van der Waals surface area contributed by atoms with Crippen molar-refractivity contribution in [1.29, 1.82) is 0 Å². The van der Waals surface area contributed by atoms with Gasteiger partial charge in [0, 0.05) is 12.4 Å². The van der Waals surface area contributed by atoms with E-state index in [4.69, 9.17) is 11.7 Å². The lowest BCUT2D eigenvalue weighted by atomic mass is 10.2. The largest absolute Gasteiger partial charge is 0.270 e. The summed E-state index contributed by atoms with van der Waals surface area (Å²) in [7, 11) is 0. The highest BCUT2D eigenvalue weighted by Gasteiger charge is 2.14. The van der Waals surface area contributed by atoms with Crippen LogP contribution in [0.15, 0.2) is 29.3 Å². The van der Waals surface area contributed by atoms with Crippen LogP contribution in [0.25, 0.3) is 5.65 Å². The SMILES string of the molecule is Cc1cccn2c(=O)c(C(NN)NN)cnc12. The monoisotopic (exact) mass is 234 g/mol. The Hall–Kier alpha value is -1.80. The molecular weight excluding hydrogens is 220 g/mol. The Morgan fingerprint density at radius 2 is 2.12 bits per heavy atom. The minimum Gasteiger partial charge on any atom is -0.270 e. The minimum atomic E-state index is -0.632. The Morgan fingerprint density at radius 1 is 1.41 bits per heavy atom. The maximum absolute atomic E-state index is 12.2. The molecule has 90 valence electrons. The van der Waals surface area contributed by atoms with Crippen LogP contribution in [0, 0.1) is 6.92 Å². The summed E-state index contributed by atoms with van der Waals surface area (Å²) in [6.07, 6.45) is 2.49. The van der Waals surface area contributed by atoms with Gasteiger partial charge in [0.2, 0.25) is 0 Å². The van der Waals surface area contributed by atoms with E-state index in [1.54, 1.807) is 12.3 Å². The molecule has 0 aliphatic heterocycles. The average Bonchev–Trinajstić information content (AvgIpc) is 2.34. The smallest absolute Gasteiger partial charge is 0.264 e. The number of hydrogen-bond donors (Lipinski definition) is 4. The van der Waals surface area contributed by atoms with Gasteiger partial charge in [-0.05, 0) is 18.6 Å². The predicted molar refractivity (Wildman–Crippen MR) is 63.6 cm³/mol. The van der Waals surface area contributed by atoms with E-state index in [9.17, 15) is 4.79 Å². The Kier molecular flexibility index (Phi) is 3.16. The van der Waals surface area contributed by atoms with Crippen LogP contribution in [0.5, 0.6) is 0 Å². The maximum atomic E-state index is 12.2. The second kappa shape index (κ2) is 4.60. The summed E-state index contributed by atoms with van der Waals surface area (Å²) in [5.74, 6) is 10.6. The minimum absolute atomic E-state index is 0.209. The van der Waals surface area contributed by atoms with Gasteiger partial charge in [0.25, 0.3) is 5.56 Å². The summed E-state index contributed by atoms with van der Waals surface area (Å²) in [6.45, 7) is 1.89. The number of aromatic nitrogens is 2. The molecule has 0 aliphatic rings. The number of fused-ring (bicyclic) bond motifs is 1. The van der Waals surface area contributed by atoms with Crippen molar-refractivity contribution in [2.75, 3.05) is 0 Å². The number of hydrogen-bond acceptors (Lipinski definition) is 6. The first-order valence-corrected chi connectivity index (χ1v) is 5.08. The van der Waals surface area contributed by atoms with Crippen molar-refractivity contribution in [2.45, 2.75) is 13.1 Å². The molecule has 7 nitrogen and oxygen atoms in total. The van der Waals surface area contributed by atoms with Crippen LogP contribution in [0.1, 0.15) is 17.3 Å². The summed E-state index contributed by atoms with van der Waals surface area (Å²) in [5, 5.41) is 0. The molecule has 0 aliphatic carbocycles. The Bertz CT molecular complexity index is 589. The van der Waals surface area contributed by atoms with Crippen LogP contribution < -0.4 is 28.1 Å². The van der Waals surface area contributed by atoms with E-state index in [0.29, 0.717) is 11.2 Å². The first-order chi connectivity index (χ1) is 8.19. The number of nitrogens with two attached hydrogens (primary N) is 2. The standard InChI is InChI=1S/C10H14N6O/c1-6-3-2-4-16-9(6)13-5-7(10(16)17)8(14-11)15-12/h2-5,8,14-15H,11-12H2,1H3. The lowest BCUT2D eigenvalue weighted by molar-refractivity contribution is 0.455. The van der Waals surface area contributed by atoms with Crippen LogP contribution in [-0.4, -0.2) is 9.38 Å². The van der Waals surface area contributed by atoms with Gasteiger partial charge in [-0.1, -0.05) is 6.07 Å². The molecule has 0 atom stereocenters. The van der Waals surface area contributed by atoms with E-state index >= 15 is 0 Å². The molecule has 0 saturated heterocycles. The summed E-state index contributed by atoms with van der Waals surface area (Å²) >= 11 is 0. The number of aryl methyl sites for hydroxylation is 1. The van der Waals surface area contributed by atoms with Gasteiger partial charge in [0.05, 0.1) is 5.56 Å². The first-order valence-electron chi connectivity index (χ1n) is 5.08. The molecule has 0 radical (unpaired) electrons. The van der Waals surface area contributed by atoms with Crippen molar-refractivity contribution < 1.29 is 0 Å². The van der Waals surface area contributed by atoms with Gasteiger partial charge >= 0.3 is 0 Å². The number of pyridine rings is 1. The Balaban J connectivity index is 2.70. The van der Waals surface area contributed by atoms with Crippen LogP contribution in [0.3, 0.4) is 0 Å². The van der Waals surface area contributed by atoms with Crippen molar-refractivity contribution in [3.63, 3.8) is 0 Å². The molecule has 0 aromatic carbocycles. The van der Waals surface area contributed by atoms with E-state index in [1.165, 1.54) is 10.6 Å². The first kappa shape index (κ1) is 11.7. The van der Waals surface area contributed by atoms with Gasteiger partial charge in [-0.3, -0.25) is 20.9 Å². The van der Waals surface area contributed by atoms with Gasteiger partial charge in [-0.2, -0.15) is 0 Å². The molecule has 2 aromatic rings. The van der Waals surface area contributed by atoms with E-state index in [-0.39, 0.29) is 5.56 Å². The third kappa shape index (κ3) is 1.92. The quantitative estimate of drug-likeness (QED) is 0.306. The molecule has 0 saturated carbocycles. The normalized spacial score (nSPS) is 11.3. The molecule has 0 fully saturated rings. The van der Waals surface area contributed by atoms with Gasteiger partial charge < -0.3 is 0 Å². The Labute approximate surface area is 97.4 Å². The maximum Gasteiger partial charge on any atom is 0.264 e. The van der Waals surface area contributed by atoms with Gasteiger partial charge in [-0.25, -0.2) is 15.8 Å². The molecule has 17 heavy (non-hydrogen) atoms. The zero-order valence-electron chi connectivity index (χ0n) is 9.34. The fourth-order valence-corrected chi connectivity index (χ4v) is 1.69. The van der Waals surface area contributed by atoms with Crippen molar-refractivity contribution >= 4 is 5.65 Å². The lowest BCUT2D eigenvalue weighted by Gasteiger charge is -2.14. The van der Waals surface area contributed by atoms with E-state index in [2.05, 4.69) is 15.8 Å². The zero-order valence-corrected chi connectivity index (χ0v) is 9.34. The van der Waals surface area contributed by atoms with E-state index in [1.807, 2.05) is 13.0 Å². The summed E-state index contributed by atoms with van der Waals surface area (Å²) in [4.78, 5) is 16.4. The third-order valence-corrected chi connectivity index (χ3v) is 2.60. The average molecular weight is 234 g/mol. The fraction of sp³-hybridized carbons (Fsp3) is 0.200. The highest BCUT2D eigenvalue weighted by Crippen LogP contribution is 2.07. The third-order valence-electron chi connectivity index (χ3n) is 2.60. The topological polar surface area (TPSA) is 110 Å².